The summed E-state index contributed by atoms with van der Waals surface area (Å²) in [6.45, 7) is 3.67. The molecule has 0 spiro atoms. The molecule has 0 fully saturated rings. The molecule has 0 nitrogen and oxygen atoms in total. The van der Waals surface area contributed by atoms with E-state index in [9.17, 15) is 0 Å². The van der Waals surface area contributed by atoms with Crippen molar-refractivity contribution in [3.05, 3.63) is 48.6 Å². The Hall–Kier alpha value is -0.950. The molecule has 0 bridgehead atoms. The molecule has 2 rings (SSSR count). The van der Waals surface area contributed by atoms with Crippen molar-refractivity contribution < 1.29 is 0 Å². The maximum absolute atomic E-state index is 3.67. The number of benzene rings is 1. The van der Waals surface area contributed by atoms with Gasteiger partial charge >= 0.3 is 0 Å². The molecule has 0 unspecified atom stereocenters. The van der Waals surface area contributed by atoms with Crippen LogP contribution in [0.25, 0.3) is 4.91 Å². The van der Waals surface area contributed by atoms with Crippen molar-refractivity contribution in [3.8, 4) is 0 Å². The fourth-order valence-corrected chi connectivity index (χ4v) is 2.09. The number of allylic oxidation sites excluding steroid dienone is 2. The number of thioether (sulfide) groups is 1. The van der Waals surface area contributed by atoms with Gasteiger partial charge in [-0.3, -0.25) is 0 Å². The molecule has 1 heterocycles. The van der Waals surface area contributed by atoms with Gasteiger partial charge in [0.25, 0.3) is 0 Å². The molecule has 0 saturated carbocycles. The monoisotopic (exact) mass is 160 g/mol. The van der Waals surface area contributed by atoms with Gasteiger partial charge in [-0.15, -0.1) is 0 Å². The highest BCUT2D eigenvalue weighted by molar-refractivity contribution is 8.10. The van der Waals surface area contributed by atoms with E-state index in [-0.39, 0.29) is 0 Å². The number of hydrogen-bond donors (Lipinski definition) is 0. The average molecular weight is 160 g/mol. The van der Waals surface area contributed by atoms with E-state index in [0.29, 0.717) is 0 Å². The van der Waals surface area contributed by atoms with Crippen molar-refractivity contribution >= 4 is 16.7 Å². The molecule has 0 N–H and O–H groups in total. The van der Waals surface area contributed by atoms with Crippen molar-refractivity contribution in [1.82, 2.24) is 0 Å². The molecule has 0 amide bonds. The summed E-state index contributed by atoms with van der Waals surface area (Å²) in [5.41, 5.74) is 1.36. The Morgan fingerprint density at radius 3 is 2.82 bits per heavy atom. The van der Waals surface area contributed by atoms with E-state index in [4.69, 9.17) is 0 Å². The summed E-state index contributed by atoms with van der Waals surface area (Å²) >= 11 is 1.81. The van der Waals surface area contributed by atoms with Gasteiger partial charge in [0.15, 0.2) is 0 Å². The average Bonchev–Trinajstić information content (AvgIpc) is 2.01. The van der Waals surface area contributed by atoms with Crippen LogP contribution in [0.3, 0.4) is 0 Å². The molecule has 1 aliphatic rings. The summed E-state index contributed by atoms with van der Waals surface area (Å²) in [5, 5.41) is 0. The van der Waals surface area contributed by atoms with Gasteiger partial charge in [-0.1, -0.05) is 42.6 Å². The molecule has 1 aromatic rings. The van der Waals surface area contributed by atoms with Crippen LogP contribution < -0.4 is 0 Å². The van der Waals surface area contributed by atoms with Gasteiger partial charge in [-0.05, 0) is 12.1 Å². The van der Waals surface area contributed by atoms with E-state index in [0.717, 1.165) is 0 Å². The Kier molecular flexibility index (Phi) is 1.59. The van der Waals surface area contributed by atoms with Crippen LogP contribution in [0.5, 0.6) is 0 Å². The zero-order chi connectivity index (χ0) is 7.68. The Bertz CT molecular complexity index is 323. The first-order chi connectivity index (χ1) is 5.42. The molecule has 0 saturated heterocycles. The molecule has 0 aliphatic carbocycles. The standard InChI is InChI=1S/C10H8S/c1-2-5-9-8-6-3-4-7-10(8)11-9/h2-7H,1H2/b9-5-. The van der Waals surface area contributed by atoms with Gasteiger partial charge in [-0.2, -0.15) is 0 Å². The highest BCUT2D eigenvalue weighted by atomic mass is 32.2. The third-order valence-electron chi connectivity index (χ3n) is 1.64. The second-order valence-electron chi connectivity index (χ2n) is 2.36. The highest BCUT2D eigenvalue weighted by Crippen LogP contribution is 2.48. The maximum atomic E-state index is 3.67. The summed E-state index contributed by atoms with van der Waals surface area (Å²) in [5.74, 6) is 0. The van der Waals surface area contributed by atoms with Gasteiger partial charge in [-0.25, -0.2) is 0 Å². The van der Waals surface area contributed by atoms with E-state index >= 15 is 0 Å². The minimum atomic E-state index is 1.33. The molecular weight excluding hydrogens is 152 g/mol. The normalized spacial score (nSPS) is 17.3. The quantitative estimate of drug-likeness (QED) is 0.607. The van der Waals surface area contributed by atoms with Crippen molar-refractivity contribution in [2.24, 2.45) is 0 Å². The third kappa shape index (κ3) is 1.02. The lowest BCUT2D eigenvalue weighted by Gasteiger charge is -2.20. The molecule has 11 heavy (non-hydrogen) atoms. The zero-order valence-corrected chi connectivity index (χ0v) is 6.90. The molecule has 1 aromatic carbocycles. The lowest BCUT2D eigenvalue weighted by Crippen LogP contribution is -1.93. The number of hydrogen-bond acceptors (Lipinski definition) is 1. The lowest BCUT2D eigenvalue weighted by molar-refractivity contribution is 1.39. The van der Waals surface area contributed by atoms with Gasteiger partial charge < -0.3 is 0 Å². The Labute approximate surface area is 70.6 Å². The Morgan fingerprint density at radius 2 is 2.09 bits per heavy atom. The molecule has 0 aromatic heterocycles. The SMILES string of the molecule is C=C/C=C1\Sc2ccccc21. The van der Waals surface area contributed by atoms with E-state index in [2.05, 4.69) is 30.8 Å². The van der Waals surface area contributed by atoms with Crippen LogP contribution in [-0.2, 0) is 0 Å². The van der Waals surface area contributed by atoms with Crippen LogP contribution in [0.15, 0.2) is 47.9 Å². The van der Waals surface area contributed by atoms with Crippen LogP contribution in [-0.4, -0.2) is 0 Å². The second-order valence-corrected chi connectivity index (χ2v) is 3.45. The molecule has 0 radical (unpaired) electrons. The van der Waals surface area contributed by atoms with Crippen LogP contribution in [0.2, 0.25) is 0 Å². The number of fused-ring (bicyclic) bond motifs is 1. The first-order valence-electron chi connectivity index (χ1n) is 3.52. The van der Waals surface area contributed by atoms with Crippen molar-refractivity contribution in [3.63, 3.8) is 0 Å². The van der Waals surface area contributed by atoms with Crippen LogP contribution in [0.1, 0.15) is 5.56 Å². The summed E-state index contributed by atoms with van der Waals surface area (Å²) < 4.78 is 0. The highest BCUT2D eigenvalue weighted by Gasteiger charge is 2.17. The minimum Gasteiger partial charge on any atom is -0.0990 e. The van der Waals surface area contributed by atoms with Crippen LogP contribution >= 0.6 is 11.8 Å². The van der Waals surface area contributed by atoms with Crippen LogP contribution in [0, 0.1) is 0 Å². The van der Waals surface area contributed by atoms with Gasteiger partial charge in [0.2, 0.25) is 0 Å². The summed E-state index contributed by atoms with van der Waals surface area (Å²) in [4.78, 5) is 2.70. The van der Waals surface area contributed by atoms with E-state index in [1.165, 1.54) is 15.4 Å². The minimum absolute atomic E-state index is 1.33. The second kappa shape index (κ2) is 2.59. The fourth-order valence-electron chi connectivity index (χ4n) is 1.12. The lowest BCUT2D eigenvalue weighted by atomic mass is 10.2. The Morgan fingerprint density at radius 1 is 1.27 bits per heavy atom. The third-order valence-corrected chi connectivity index (χ3v) is 2.79. The molecular formula is C10H8S. The maximum Gasteiger partial charge on any atom is 0.0206 e. The summed E-state index contributed by atoms with van der Waals surface area (Å²) in [6, 6.07) is 8.41. The van der Waals surface area contributed by atoms with Crippen molar-refractivity contribution in [1.29, 1.82) is 0 Å². The number of rotatable bonds is 1. The first kappa shape index (κ1) is 6.74. The summed E-state index contributed by atoms with van der Waals surface area (Å²) in [6.07, 6.45) is 3.88. The predicted octanol–water partition coefficient (Wildman–Crippen LogP) is 3.32. The smallest absolute Gasteiger partial charge is 0.0206 e. The molecule has 0 atom stereocenters. The van der Waals surface area contributed by atoms with Gasteiger partial charge in [0.05, 0.1) is 0 Å². The van der Waals surface area contributed by atoms with E-state index in [1.54, 1.807) is 0 Å². The predicted molar refractivity (Wildman–Crippen MR) is 50.5 cm³/mol. The first-order valence-corrected chi connectivity index (χ1v) is 4.33. The molecule has 1 aliphatic heterocycles. The van der Waals surface area contributed by atoms with Gasteiger partial charge in [0.1, 0.15) is 0 Å². The topological polar surface area (TPSA) is 0 Å². The molecule has 54 valence electrons. The van der Waals surface area contributed by atoms with Gasteiger partial charge in [0, 0.05) is 15.4 Å². The zero-order valence-electron chi connectivity index (χ0n) is 6.08. The van der Waals surface area contributed by atoms with E-state index in [1.807, 2.05) is 23.9 Å². The summed E-state index contributed by atoms with van der Waals surface area (Å²) in [7, 11) is 0. The molecule has 1 heteroatoms. The van der Waals surface area contributed by atoms with Crippen molar-refractivity contribution in [2.75, 3.05) is 0 Å². The fraction of sp³-hybridized carbons (Fsp3) is 0. The van der Waals surface area contributed by atoms with Crippen molar-refractivity contribution in [2.45, 2.75) is 4.90 Å². The largest absolute Gasteiger partial charge is 0.0990 e. The van der Waals surface area contributed by atoms with Crippen LogP contribution in [0.4, 0.5) is 0 Å². The van der Waals surface area contributed by atoms with E-state index < -0.39 is 0 Å². The Balaban J connectivity index is 2.43.